The van der Waals surface area contributed by atoms with Crippen molar-refractivity contribution in [2.45, 2.75) is 6.92 Å². The van der Waals surface area contributed by atoms with Gasteiger partial charge in [0.05, 0.1) is 7.11 Å². The van der Waals surface area contributed by atoms with E-state index in [9.17, 15) is 9.59 Å². The lowest BCUT2D eigenvalue weighted by Crippen LogP contribution is -2.48. The maximum absolute atomic E-state index is 12.0. The molecule has 134 valence electrons. The molecule has 0 spiro atoms. The smallest absolute Gasteiger partial charge is 0.269 e. The van der Waals surface area contributed by atoms with Gasteiger partial charge in [0.1, 0.15) is 5.75 Å². The maximum atomic E-state index is 12.0. The zero-order valence-electron chi connectivity index (χ0n) is 14.4. The minimum absolute atomic E-state index is 0.0133. The highest BCUT2D eigenvalue weighted by Gasteiger charge is 2.07. The van der Waals surface area contributed by atoms with Crippen molar-refractivity contribution in [3.63, 3.8) is 0 Å². The molecule has 0 aliphatic heterocycles. The van der Waals surface area contributed by atoms with Crippen LogP contribution in [0, 0.1) is 6.92 Å². The summed E-state index contributed by atoms with van der Waals surface area (Å²) in [6.45, 7) is 1.89. The molecule has 0 bridgehead atoms. The molecule has 0 unspecified atom stereocenters. The van der Waals surface area contributed by atoms with Gasteiger partial charge < -0.3 is 4.74 Å². The van der Waals surface area contributed by atoms with Crippen LogP contribution < -0.4 is 20.9 Å². The number of nitrogens with one attached hydrogen (secondary N) is 3. The van der Waals surface area contributed by atoms with Gasteiger partial charge in [-0.05, 0) is 43.4 Å². The van der Waals surface area contributed by atoms with Crippen LogP contribution in [0.4, 0.5) is 0 Å². The Morgan fingerprint density at radius 2 is 1.85 bits per heavy atom. The first-order chi connectivity index (χ1) is 12.5. The molecular weight excluding hydrogens is 350 g/mol. The average Bonchev–Trinajstić information content (AvgIpc) is 2.64. The van der Waals surface area contributed by atoms with Gasteiger partial charge in [0.25, 0.3) is 5.91 Å². The van der Waals surface area contributed by atoms with Gasteiger partial charge in [0, 0.05) is 17.2 Å². The summed E-state index contributed by atoms with van der Waals surface area (Å²) in [7, 11) is 1.56. The van der Waals surface area contributed by atoms with Crippen LogP contribution >= 0.6 is 12.2 Å². The van der Waals surface area contributed by atoms with E-state index in [0.717, 1.165) is 11.1 Å². The normalized spacial score (nSPS) is 10.2. The molecule has 0 heterocycles. The number of carbonyl (C=O) groups is 2. The first-order valence-corrected chi connectivity index (χ1v) is 8.19. The van der Waals surface area contributed by atoms with E-state index in [1.165, 1.54) is 6.08 Å². The zero-order chi connectivity index (χ0) is 18.9. The molecule has 0 aromatic heterocycles. The van der Waals surface area contributed by atoms with E-state index < -0.39 is 5.91 Å². The Labute approximate surface area is 157 Å². The van der Waals surface area contributed by atoms with E-state index in [-0.39, 0.29) is 11.0 Å². The highest BCUT2D eigenvalue weighted by atomic mass is 32.1. The molecule has 0 atom stereocenters. The van der Waals surface area contributed by atoms with Crippen molar-refractivity contribution in [1.29, 1.82) is 0 Å². The Morgan fingerprint density at radius 3 is 2.58 bits per heavy atom. The number of hydrazine groups is 1. The minimum Gasteiger partial charge on any atom is -0.496 e. The van der Waals surface area contributed by atoms with Crippen LogP contribution in [-0.4, -0.2) is 24.0 Å². The van der Waals surface area contributed by atoms with Crippen molar-refractivity contribution in [3.05, 3.63) is 71.3 Å². The van der Waals surface area contributed by atoms with Crippen molar-refractivity contribution >= 4 is 35.2 Å². The SMILES string of the molecule is COc1ccccc1C=CC(=O)NC(=S)NNC(=O)c1cccc(C)c1. The van der Waals surface area contributed by atoms with Crippen LogP contribution in [0.5, 0.6) is 5.75 Å². The van der Waals surface area contributed by atoms with E-state index >= 15 is 0 Å². The number of amides is 2. The molecule has 2 aromatic carbocycles. The third-order valence-corrected chi connectivity index (χ3v) is 3.56. The van der Waals surface area contributed by atoms with Gasteiger partial charge in [0.2, 0.25) is 5.91 Å². The van der Waals surface area contributed by atoms with Gasteiger partial charge in [-0.25, -0.2) is 0 Å². The van der Waals surface area contributed by atoms with E-state index in [4.69, 9.17) is 17.0 Å². The number of thiocarbonyl (C=S) groups is 1. The summed E-state index contributed by atoms with van der Waals surface area (Å²) in [4.78, 5) is 23.9. The molecule has 3 N–H and O–H groups in total. The van der Waals surface area contributed by atoms with Crippen molar-refractivity contribution in [2.75, 3.05) is 7.11 Å². The van der Waals surface area contributed by atoms with Crippen LogP contribution in [0.25, 0.3) is 6.08 Å². The summed E-state index contributed by atoms with van der Waals surface area (Å²) in [6, 6.07) is 14.4. The molecule has 0 radical (unpaired) electrons. The van der Waals surface area contributed by atoms with Crippen molar-refractivity contribution in [3.8, 4) is 5.75 Å². The van der Waals surface area contributed by atoms with E-state index in [0.29, 0.717) is 11.3 Å². The second-order valence-corrected chi connectivity index (χ2v) is 5.75. The number of hydrogen-bond donors (Lipinski definition) is 3. The summed E-state index contributed by atoms with van der Waals surface area (Å²) in [5.74, 6) is -0.129. The Bertz CT molecular complexity index is 849. The maximum Gasteiger partial charge on any atom is 0.269 e. The quantitative estimate of drug-likeness (QED) is 0.438. The molecule has 0 fully saturated rings. The number of benzene rings is 2. The van der Waals surface area contributed by atoms with Crippen molar-refractivity contribution in [1.82, 2.24) is 16.2 Å². The molecule has 7 heteroatoms. The third-order valence-electron chi connectivity index (χ3n) is 3.36. The van der Waals surface area contributed by atoms with Crippen LogP contribution in [-0.2, 0) is 4.79 Å². The summed E-state index contributed by atoms with van der Waals surface area (Å²) < 4.78 is 5.21. The molecule has 2 amide bonds. The van der Waals surface area contributed by atoms with Crippen molar-refractivity contribution in [2.24, 2.45) is 0 Å². The number of aryl methyl sites for hydroxylation is 1. The standard InChI is InChI=1S/C19H19N3O3S/c1-13-6-5-8-15(12-13)18(24)21-22-19(26)20-17(23)11-10-14-7-3-4-9-16(14)25-2/h3-12H,1-2H3,(H,21,24)(H2,20,22,23,26). The summed E-state index contributed by atoms with van der Waals surface area (Å²) >= 11 is 4.99. The Morgan fingerprint density at radius 1 is 1.08 bits per heavy atom. The fourth-order valence-electron chi connectivity index (χ4n) is 2.13. The highest BCUT2D eigenvalue weighted by Crippen LogP contribution is 2.18. The predicted octanol–water partition coefficient (Wildman–Crippen LogP) is 2.35. The largest absolute Gasteiger partial charge is 0.496 e. The predicted molar refractivity (Wildman–Crippen MR) is 105 cm³/mol. The van der Waals surface area contributed by atoms with Gasteiger partial charge in [-0.3, -0.25) is 25.8 Å². The topological polar surface area (TPSA) is 79.5 Å². The van der Waals surface area contributed by atoms with Crippen LogP contribution in [0.3, 0.4) is 0 Å². The number of ether oxygens (including phenoxy) is 1. The lowest BCUT2D eigenvalue weighted by Gasteiger charge is -2.10. The van der Waals surface area contributed by atoms with Crippen LogP contribution in [0.15, 0.2) is 54.6 Å². The molecule has 6 nitrogen and oxygen atoms in total. The Kier molecular flexibility index (Phi) is 6.87. The first kappa shape index (κ1) is 19.1. The Balaban J connectivity index is 1.84. The van der Waals surface area contributed by atoms with Crippen molar-refractivity contribution < 1.29 is 14.3 Å². The average molecular weight is 369 g/mol. The van der Waals surface area contributed by atoms with Gasteiger partial charge in [-0.15, -0.1) is 0 Å². The lowest BCUT2D eigenvalue weighted by molar-refractivity contribution is -0.115. The van der Waals surface area contributed by atoms with Crippen LogP contribution in [0.1, 0.15) is 21.5 Å². The molecule has 0 aliphatic carbocycles. The summed E-state index contributed by atoms with van der Waals surface area (Å²) in [6.07, 6.45) is 2.94. The Hall–Kier alpha value is -3.19. The first-order valence-electron chi connectivity index (χ1n) is 7.78. The monoisotopic (exact) mass is 369 g/mol. The molecular formula is C19H19N3O3S. The second-order valence-electron chi connectivity index (χ2n) is 5.34. The van der Waals surface area contributed by atoms with E-state index in [1.54, 1.807) is 37.5 Å². The fourth-order valence-corrected chi connectivity index (χ4v) is 2.28. The summed E-state index contributed by atoms with van der Waals surface area (Å²) in [5, 5.41) is 2.43. The number of methoxy groups -OCH3 is 1. The van der Waals surface area contributed by atoms with Gasteiger partial charge in [0.15, 0.2) is 5.11 Å². The van der Waals surface area contributed by atoms with Crippen LogP contribution in [0.2, 0.25) is 0 Å². The second kappa shape index (κ2) is 9.33. The van der Waals surface area contributed by atoms with Gasteiger partial charge in [-0.1, -0.05) is 35.9 Å². The molecule has 0 saturated carbocycles. The molecule has 0 aliphatic rings. The number of hydrogen-bond acceptors (Lipinski definition) is 4. The minimum atomic E-state index is -0.432. The molecule has 26 heavy (non-hydrogen) atoms. The van der Waals surface area contributed by atoms with Gasteiger partial charge >= 0.3 is 0 Å². The van der Waals surface area contributed by atoms with Gasteiger partial charge in [-0.2, -0.15) is 0 Å². The zero-order valence-corrected chi connectivity index (χ0v) is 15.2. The number of para-hydroxylation sites is 1. The fraction of sp³-hybridized carbons (Fsp3) is 0.105. The third kappa shape index (κ3) is 5.71. The highest BCUT2D eigenvalue weighted by molar-refractivity contribution is 7.80. The summed E-state index contributed by atoms with van der Waals surface area (Å²) in [5.41, 5.74) is 7.14. The van der Waals surface area contributed by atoms with E-state index in [2.05, 4.69) is 16.2 Å². The molecule has 2 aromatic rings. The number of rotatable bonds is 4. The lowest BCUT2D eigenvalue weighted by atomic mass is 10.1. The van der Waals surface area contributed by atoms with E-state index in [1.807, 2.05) is 31.2 Å². The number of carbonyl (C=O) groups excluding carboxylic acids is 2. The molecule has 0 saturated heterocycles. The molecule has 2 rings (SSSR count).